The van der Waals surface area contributed by atoms with E-state index in [0.717, 1.165) is 13.0 Å². The summed E-state index contributed by atoms with van der Waals surface area (Å²) in [5.74, 6) is -0.787. The third-order valence-corrected chi connectivity index (χ3v) is 3.74. The zero-order chi connectivity index (χ0) is 13.6. The van der Waals surface area contributed by atoms with E-state index in [0.29, 0.717) is 18.3 Å². The fraction of sp³-hybridized carbons (Fsp3) is 0.846. The standard InChI is InChI=1S/C13H24N2O3/c1-3-13(7-8-13)9-14-12(18)15-10(2)5-4-6-11(16)17/h10H,3-9H2,1-2H3,(H,16,17)(H2,14,15,18). The smallest absolute Gasteiger partial charge is 0.315 e. The van der Waals surface area contributed by atoms with Gasteiger partial charge < -0.3 is 15.7 Å². The van der Waals surface area contributed by atoms with E-state index in [2.05, 4.69) is 17.6 Å². The molecule has 5 heteroatoms. The molecular weight excluding hydrogens is 232 g/mol. The number of hydrogen-bond donors (Lipinski definition) is 3. The van der Waals surface area contributed by atoms with Crippen molar-refractivity contribution < 1.29 is 14.7 Å². The van der Waals surface area contributed by atoms with Crippen molar-refractivity contribution in [1.82, 2.24) is 10.6 Å². The van der Waals surface area contributed by atoms with E-state index >= 15 is 0 Å². The van der Waals surface area contributed by atoms with Crippen molar-refractivity contribution in [3.63, 3.8) is 0 Å². The Bertz CT molecular complexity index is 301. The minimum atomic E-state index is -0.787. The summed E-state index contributed by atoms with van der Waals surface area (Å²) in [5.41, 5.74) is 0.351. The van der Waals surface area contributed by atoms with Crippen LogP contribution in [0.25, 0.3) is 0 Å². The average molecular weight is 256 g/mol. The quantitative estimate of drug-likeness (QED) is 0.622. The molecule has 1 aliphatic rings. The second-order valence-corrected chi connectivity index (χ2v) is 5.37. The van der Waals surface area contributed by atoms with Crippen LogP contribution in [0.3, 0.4) is 0 Å². The summed E-state index contributed by atoms with van der Waals surface area (Å²) in [5, 5.41) is 14.3. The van der Waals surface area contributed by atoms with Crippen molar-refractivity contribution in [3.8, 4) is 0 Å². The van der Waals surface area contributed by atoms with E-state index in [1.165, 1.54) is 12.8 Å². The van der Waals surface area contributed by atoms with Crippen LogP contribution in [0.2, 0.25) is 0 Å². The fourth-order valence-electron chi connectivity index (χ4n) is 2.01. The van der Waals surface area contributed by atoms with Crippen molar-refractivity contribution in [3.05, 3.63) is 0 Å². The molecule has 0 aliphatic heterocycles. The lowest BCUT2D eigenvalue weighted by molar-refractivity contribution is -0.137. The molecule has 0 aromatic carbocycles. The largest absolute Gasteiger partial charge is 0.481 e. The predicted molar refractivity (Wildman–Crippen MR) is 69.4 cm³/mol. The summed E-state index contributed by atoms with van der Waals surface area (Å²) in [6, 6.07) is -0.126. The highest BCUT2D eigenvalue weighted by Crippen LogP contribution is 2.47. The number of aliphatic carboxylic acids is 1. The van der Waals surface area contributed by atoms with Gasteiger partial charge in [0.05, 0.1) is 0 Å². The topological polar surface area (TPSA) is 78.4 Å². The van der Waals surface area contributed by atoms with Gasteiger partial charge in [0.25, 0.3) is 0 Å². The number of carbonyl (C=O) groups excluding carboxylic acids is 1. The van der Waals surface area contributed by atoms with Crippen LogP contribution in [-0.2, 0) is 4.79 Å². The summed E-state index contributed by atoms with van der Waals surface area (Å²) in [6.07, 6.45) is 4.97. The van der Waals surface area contributed by atoms with E-state index < -0.39 is 5.97 Å². The number of carboxylic acids is 1. The summed E-state index contributed by atoms with van der Waals surface area (Å²) in [7, 11) is 0. The van der Waals surface area contributed by atoms with E-state index in [1.54, 1.807) is 0 Å². The van der Waals surface area contributed by atoms with Gasteiger partial charge in [0.2, 0.25) is 0 Å². The highest BCUT2D eigenvalue weighted by Gasteiger charge is 2.40. The minimum absolute atomic E-state index is 0.0149. The molecule has 1 unspecified atom stereocenters. The number of hydrogen-bond acceptors (Lipinski definition) is 2. The molecule has 1 atom stereocenters. The maximum absolute atomic E-state index is 11.6. The Morgan fingerprint density at radius 2 is 2.06 bits per heavy atom. The number of amides is 2. The third-order valence-electron chi connectivity index (χ3n) is 3.74. The first kappa shape index (κ1) is 14.8. The second kappa shape index (κ2) is 6.61. The van der Waals surface area contributed by atoms with Gasteiger partial charge in [-0.3, -0.25) is 4.79 Å². The van der Waals surface area contributed by atoms with Crippen LogP contribution in [0, 0.1) is 5.41 Å². The van der Waals surface area contributed by atoms with E-state index in [4.69, 9.17) is 5.11 Å². The Balaban J connectivity index is 2.09. The normalized spacial score (nSPS) is 17.9. The Morgan fingerprint density at radius 3 is 2.56 bits per heavy atom. The van der Waals surface area contributed by atoms with Crippen molar-refractivity contribution >= 4 is 12.0 Å². The second-order valence-electron chi connectivity index (χ2n) is 5.37. The maximum atomic E-state index is 11.6. The van der Waals surface area contributed by atoms with Crippen LogP contribution in [0.4, 0.5) is 4.79 Å². The first-order valence-corrected chi connectivity index (χ1v) is 6.73. The lowest BCUT2D eigenvalue weighted by Crippen LogP contribution is -2.42. The monoisotopic (exact) mass is 256 g/mol. The highest BCUT2D eigenvalue weighted by molar-refractivity contribution is 5.74. The molecule has 5 nitrogen and oxygen atoms in total. The number of rotatable bonds is 8. The van der Waals surface area contributed by atoms with Crippen molar-refractivity contribution in [2.45, 2.75) is 58.4 Å². The van der Waals surface area contributed by atoms with E-state index in [9.17, 15) is 9.59 Å². The van der Waals surface area contributed by atoms with Crippen LogP contribution >= 0.6 is 0 Å². The third kappa shape index (κ3) is 5.38. The zero-order valence-electron chi connectivity index (χ0n) is 11.3. The zero-order valence-corrected chi connectivity index (χ0v) is 11.3. The lowest BCUT2D eigenvalue weighted by Gasteiger charge is -2.17. The van der Waals surface area contributed by atoms with Gasteiger partial charge in [0.15, 0.2) is 0 Å². The van der Waals surface area contributed by atoms with Crippen molar-refractivity contribution in [2.24, 2.45) is 5.41 Å². The Labute approximate surface area is 108 Å². The molecule has 1 saturated carbocycles. The highest BCUT2D eigenvalue weighted by atomic mass is 16.4. The first-order chi connectivity index (χ1) is 8.47. The molecule has 1 aliphatic carbocycles. The van der Waals surface area contributed by atoms with Gasteiger partial charge in [-0.1, -0.05) is 6.92 Å². The summed E-state index contributed by atoms with van der Waals surface area (Å²) in [6.45, 7) is 4.80. The van der Waals surface area contributed by atoms with Gasteiger partial charge in [0, 0.05) is 19.0 Å². The maximum Gasteiger partial charge on any atom is 0.315 e. The van der Waals surface area contributed by atoms with Crippen LogP contribution < -0.4 is 10.6 Å². The minimum Gasteiger partial charge on any atom is -0.481 e. The number of urea groups is 1. The Morgan fingerprint density at radius 1 is 1.39 bits per heavy atom. The average Bonchev–Trinajstić information content (AvgIpc) is 3.06. The van der Waals surface area contributed by atoms with Crippen LogP contribution in [0.1, 0.15) is 52.4 Å². The molecular formula is C13H24N2O3. The van der Waals surface area contributed by atoms with Gasteiger partial charge >= 0.3 is 12.0 Å². The Kier molecular flexibility index (Phi) is 5.44. The molecule has 0 bridgehead atoms. The van der Waals surface area contributed by atoms with Crippen molar-refractivity contribution in [1.29, 1.82) is 0 Å². The SMILES string of the molecule is CCC1(CNC(=O)NC(C)CCCC(=O)O)CC1. The van der Waals surface area contributed by atoms with Gasteiger partial charge in [-0.05, 0) is 44.4 Å². The summed E-state index contributed by atoms with van der Waals surface area (Å²) >= 11 is 0. The van der Waals surface area contributed by atoms with Gasteiger partial charge in [0.1, 0.15) is 0 Å². The molecule has 104 valence electrons. The molecule has 3 N–H and O–H groups in total. The molecule has 1 rings (SSSR count). The molecule has 0 aromatic rings. The van der Waals surface area contributed by atoms with Crippen LogP contribution in [0.5, 0.6) is 0 Å². The number of nitrogens with one attached hydrogen (secondary N) is 2. The van der Waals surface area contributed by atoms with Crippen molar-refractivity contribution in [2.75, 3.05) is 6.54 Å². The summed E-state index contributed by atoms with van der Waals surface area (Å²) in [4.78, 5) is 22.0. The van der Waals surface area contributed by atoms with Crippen LogP contribution in [0.15, 0.2) is 0 Å². The molecule has 0 heterocycles. The molecule has 2 amide bonds. The number of carbonyl (C=O) groups is 2. The van der Waals surface area contributed by atoms with E-state index in [1.807, 2.05) is 6.92 Å². The summed E-state index contributed by atoms with van der Waals surface area (Å²) < 4.78 is 0. The van der Waals surface area contributed by atoms with Crippen LogP contribution in [-0.4, -0.2) is 29.7 Å². The molecule has 0 aromatic heterocycles. The van der Waals surface area contributed by atoms with Gasteiger partial charge in [-0.15, -0.1) is 0 Å². The fourth-order valence-corrected chi connectivity index (χ4v) is 2.01. The van der Waals surface area contributed by atoms with Gasteiger partial charge in [-0.2, -0.15) is 0 Å². The molecule has 1 fully saturated rings. The molecule has 0 radical (unpaired) electrons. The Hall–Kier alpha value is -1.26. The molecule has 18 heavy (non-hydrogen) atoms. The lowest BCUT2D eigenvalue weighted by atomic mass is 10.0. The predicted octanol–water partition coefficient (Wildman–Crippen LogP) is 2.12. The van der Waals surface area contributed by atoms with E-state index in [-0.39, 0.29) is 18.5 Å². The van der Waals surface area contributed by atoms with Gasteiger partial charge in [-0.25, -0.2) is 4.79 Å². The molecule has 0 saturated heterocycles. The first-order valence-electron chi connectivity index (χ1n) is 6.73. The molecule has 0 spiro atoms. The number of carboxylic acid groups (broad SMARTS) is 1.